The number of hydrogen-bond donors (Lipinski definition) is 2. The number of halogens is 1. The van der Waals surface area contributed by atoms with E-state index in [4.69, 9.17) is 0 Å². The summed E-state index contributed by atoms with van der Waals surface area (Å²) in [5, 5.41) is 19.8. The molecule has 31 heavy (non-hydrogen) atoms. The SMILES string of the molecule is O=C1NC(O)C(c2csc3ccc(Br)cc23)=C1c1csc2ccc(N3CCCC3)cc12. The summed E-state index contributed by atoms with van der Waals surface area (Å²) in [6, 6.07) is 12.7. The van der Waals surface area contributed by atoms with Crippen LogP contribution in [0.1, 0.15) is 24.0 Å². The quantitative estimate of drug-likeness (QED) is 0.364. The van der Waals surface area contributed by atoms with Crippen molar-refractivity contribution in [2.45, 2.75) is 19.1 Å². The standard InChI is InChI=1S/C24H19BrN2O2S2/c25-13-3-5-19-15(9-13)17(11-30-19)21-22(24(29)26-23(21)28)18-12-31-20-6-4-14(10-16(18)20)27-7-1-2-8-27/h3-6,9-12,23,28H,1-2,7-8H2,(H,26,29). The van der Waals surface area contributed by atoms with Crippen LogP contribution in [0, 0.1) is 0 Å². The van der Waals surface area contributed by atoms with Crippen LogP contribution in [0.15, 0.2) is 51.6 Å². The number of nitrogens with one attached hydrogen (secondary N) is 1. The zero-order valence-electron chi connectivity index (χ0n) is 16.5. The third-order valence-electron chi connectivity index (χ3n) is 6.16. The molecule has 2 aromatic heterocycles. The molecule has 0 saturated carbocycles. The molecule has 2 aliphatic rings. The third-order valence-corrected chi connectivity index (χ3v) is 8.58. The molecule has 2 aromatic carbocycles. The van der Waals surface area contributed by atoms with Crippen molar-refractivity contribution < 1.29 is 9.90 Å². The maximum absolute atomic E-state index is 13.0. The molecule has 2 N–H and O–H groups in total. The van der Waals surface area contributed by atoms with Crippen LogP contribution >= 0.6 is 38.6 Å². The number of thiophene rings is 2. The fraction of sp³-hybridized carbons (Fsp3) is 0.208. The summed E-state index contributed by atoms with van der Waals surface area (Å²) in [5.41, 5.74) is 4.27. The molecule has 0 aliphatic carbocycles. The van der Waals surface area contributed by atoms with Gasteiger partial charge in [0, 0.05) is 65.5 Å². The second-order valence-electron chi connectivity index (χ2n) is 7.98. The molecular weight excluding hydrogens is 492 g/mol. The molecule has 0 bridgehead atoms. The van der Waals surface area contributed by atoms with E-state index in [2.05, 4.69) is 61.9 Å². The van der Waals surface area contributed by atoms with Gasteiger partial charge in [-0.3, -0.25) is 4.79 Å². The molecule has 0 spiro atoms. The van der Waals surface area contributed by atoms with Crippen molar-refractivity contribution >= 4 is 81.5 Å². The van der Waals surface area contributed by atoms with Crippen LogP contribution < -0.4 is 10.2 Å². The largest absolute Gasteiger partial charge is 0.372 e. The third kappa shape index (κ3) is 3.14. The van der Waals surface area contributed by atoms with E-state index in [0.29, 0.717) is 11.1 Å². The van der Waals surface area contributed by atoms with E-state index >= 15 is 0 Å². The van der Waals surface area contributed by atoms with Gasteiger partial charge in [0.2, 0.25) is 0 Å². The molecule has 4 heterocycles. The van der Waals surface area contributed by atoms with Crippen LogP contribution in [-0.4, -0.2) is 30.3 Å². The Bertz CT molecular complexity index is 1380. The molecule has 6 rings (SSSR count). The van der Waals surface area contributed by atoms with Crippen molar-refractivity contribution in [2.24, 2.45) is 0 Å². The van der Waals surface area contributed by atoms with Crippen molar-refractivity contribution in [1.29, 1.82) is 0 Å². The number of amides is 1. The molecule has 7 heteroatoms. The first-order chi connectivity index (χ1) is 15.1. The first-order valence-corrected chi connectivity index (χ1v) is 12.8. The van der Waals surface area contributed by atoms with Gasteiger partial charge in [0.05, 0.1) is 5.57 Å². The second-order valence-corrected chi connectivity index (χ2v) is 10.7. The molecule has 4 aromatic rings. The Hall–Kier alpha value is -2.19. The summed E-state index contributed by atoms with van der Waals surface area (Å²) < 4.78 is 3.25. The van der Waals surface area contributed by atoms with E-state index in [1.165, 1.54) is 18.5 Å². The van der Waals surface area contributed by atoms with Gasteiger partial charge in [-0.15, -0.1) is 22.7 Å². The highest BCUT2D eigenvalue weighted by molar-refractivity contribution is 9.10. The van der Waals surface area contributed by atoms with Gasteiger partial charge in [-0.2, -0.15) is 0 Å². The van der Waals surface area contributed by atoms with E-state index in [1.54, 1.807) is 22.7 Å². The van der Waals surface area contributed by atoms with Crippen LogP contribution in [0.3, 0.4) is 0 Å². The molecule has 156 valence electrons. The van der Waals surface area contributed by atoms with E-state index in [-0.39, 0.29) is 5.91 Å². The predicted molar refractivity (Wildman–Crippen MR) is 134 cm³/mol. The summed E-state index contributed by atoms with van der Waals surface area (Å²) in [6.45, 7) is 2.15. The Kier molecular flexibility index (Phi) is 4.68. The second kappa shape index (κ2) is 7.45. The average Bonchev–Trinajstić information content (AvgIpc) is 3.53. The van der Waals surface area contributed by atoms with Crippen LogP contribution in [-0.2, 0) is 4.79 Å². The van der Waals surface area contributed by atoms with E-state index in [0.717, 1.165) is 48.9 Å². The van der Waals surface area contributed by atoms with Gasteiger partial charge in [-0.25, -0.2) is 0 Å². The van der Waals surface area contributed by atoms with Crippen LogP contribution in [0.25, 0.3) is 31.3 Å². The van der Waals surface area contributed by atoms with Gasteiger partial charge < -0.3 is 15.3 Å². The predicted octanol–water partition coefficient (Wildman–Crippen LogP) is 5.84. The van der Waals surface area contributed by atoms with Crippen molar-refractivity contribution in [2.75, 3.05) is 18.0 Å². The van der Waals surface area contributed by atoms with Crippen LogP contribution in [0.5, 0.6) is 0 Å². The number of hydrogen-bond acceptors (Lipinski definition) is 5. The summed E-state index contributed by atoms with van der Waals surface area (Å²) in [7, 11) is 0. The number of nitrogens with zero attached hydrogens (tertiary/aromatic N) is 1. The summed E-state index contributed by atoms with van der Waals surface area (Å²) in [5.74, 6) is -0.219. The van der Waals surface area contributed by atoms with Crippen LogP contribution in [0.2, 0.25) is 0 Å². The Balaban J connectivity index is 1.58. The number of fused-ring (bicyclic) bond motifs is 2. The van der Waals surface area contributed by atoms with Gasteiger partial charge in [0.1, 0.15) is 0 Å². The number of aliphatic hydroxyl groups excluding tert-OH is 1. The lowest BCUT2D eigenvalue weighted by Gasteiger charge is -2.17. The van der Waals surface area contributed by atoms with E-state index in [9.17, 15) is 9.90 Å². The molecule has 1 unspecified atom stereocenters. The lowest BCUT2D eigenvalue weighted by molar-refractivity contribution is -0.116. The minimum absolute atomic E-state index is 0.219. The molecule has 1 saturated heterocycles. The van der Waals surface area contributed by atoms with Gasteiger partial charge in [0.15, 0.2) is 6.23 Å². The number of carbonyl (C=O) groups is 1. The van der Waals surface area contributed by atoms with Gasteiger partial charge in [-0.1, -0.05) is 15.9 Å². The van der Waals surface area contributed by atoms with Gasteiger partial charge in [0.25, 0.3) is 5.91 Å². The number of aliphatic hydroxyl groups is 1. The van der Waals surface area contributed by atoms with E-state index < -0.39 is 6.23 Å². The molecule has 1 amide bonds. The van der Waals surface area contributed by atoms with Crippen molar-refractivity contribution in [3.8, 4) is 0 Å². The summed E-state index contributed by atoms with van der Waals surface area (Å²) in [6.07, 6.45) is 1.43. The lowest BCUT2D eigenvalue weighted by atomic mass is 9.95. The maximum Gasteiger partial charge on any atom is 0.254 e. The molecule has 0 radical (unpaired) electrons. The molecule has 1 fully saturated rings. The fourth-order valence-corrected chi connectivity index (χ4v) is 6.90. The molecule has 2 aliphatic heterocycles. The van der Waals surface area contributed by atoms with Crippen molar-refractivity contribution in [1.82, 2.24) is 5.32 Å². The molecular formula is C24H19BrN2O2S2. The molecule has 1 atom stereocenters. The molecule has 4 nitrogen and oxygen atoms in total. The fourth-order valence-electron chi connectivity index (χ4n) is 4.67. The van der Waals surface area contributed by atoms with Gasteiger partial charge in [-0.05, 0) is 54.6 Å². The first kappa shape index (κ1) is 19.5. The summed E-state index contributed by atoms with van der Waals surface area (Å²) in [4.78, 5) is 15.4. The smallest absolute Gasteiger partial charge is 0.254 e. The maximum atomic E-state index is 13.0. The zero-order valence-corrected chi connectivity index (χ0v) is 19.7. The van der Waals surface area contributed by atoms with Crippen molar-refractivity contribution in [3.05, 3.63) is 62.8 Å². The number of carbonyl (C=O) groups excluding carboxylic acids is 1. The normalized spacial score (nSPS) is 19.2. The van der Waals surface area contributed by atoms with E-state index in [1.807, 2.05) is 11.4 Å². The highest BCUT2D eigenvalue weighted by Gasteiger charge is 2.34. The lowest BCUT2D eigenvalue weighted by Crippen LogP contribution is -2.27. The number of benzene rings is 2. The van der Waals surface area contributed by atoms with Crippen molar-refractivity contribution in [3.63, 3.8) is 0 Å². The Morgan fingerprint density at radius 3 is 2.42 bits per heavy atom. The summed E-state index contributed by atoms with van der Waals surface area (Å²) >= 11 is 6.82. The highest BCUT2D eigenvalue weighted by atomic mass is 79.9. The topological polar surface area (TPSA) is 52.6 Å². The Morgan fingerprint density at radius 2 is 1.65 bits per heavy atom. The average molecular weight is 511 g/mol. The number of anilines is 1. The van der Waals surface area contributed by atoms with Crippen LogP contribution in [0.4, 0.5) is 5.69 Å². The minimum atomic E-state index is -1.02. The monoisotopic (exact) mass is 510 g/mol. The highest BCUT2D eigenvalue weighted by Crippen LogP contribution is 2.43. The van der Waals surface area contributed by atoms with Gasteiger partial charge >= 0.3 is 0 Å². The zero-order chi connectivity index (χ0) is 21.1. The Labute approximate surface area is 195 Å². The number of rotatable bonds is 3. The minimum Gasteiger partial charge on any atom is -0.372 e. The Morgan fingerprint density at radius 1 is 0.968 bits per heavy atom. The first-order valence-electron chi connectivity index (χ1n) is 10.3.